The fourth-order valence-electron chi connectivity index (χ4n) is 4.46. The second-order valence-electron chi connectivity index (χ2n) is 8.68. The molecule has 1 spiro atoms. The number of carboxylic acid groups (broad SMARTS) is 1. The van der Waals surface area contributed by atoms with Crippen molar-refractivity contribution in [1.82, 2.24) is 14.5 Å². The molecule has 0 saturated carbocycles. The fourth-order valence-corrected chi connectivity index (χ4v) is 4.46. The second kappa shape index (κ2) is 8.82. The minimum absolute atomic E-state index is 0.235. The Kier molecular flexibility index (Phi) is 6.04. The number of fused-ring (bicyclic) bond motifs is 1. The topological polar surface area (TPSA) is 95.0 Å². The van der Waals surface area contributed by atoms with Crippen LogP contribution in [0.15, 0.2) is 48.8 Å². The molecule has 5 rings (SSSR count). The maximum absolute atomic E-state index is 10.6. The molecule has 1 unspecified atom stereocenters. The number of aryl methyl sites for hydroxylation is 1. The highest BCUT2D eigenvalue weighted by Crippen LogP contribution is 2.43. The molecule has 2 aliphatic rings. The molecule has 2 aliphatic heterocycles. The van der Waals surface area contributed by atoms with Crippen LogP contribution in [-0.4, -0.2) is 44.9 Å². The van der Waals surface area contributed by atoms with Gasteiger partial charge in [-0.25, -0.2) is 14.8 Å². The van der Waals surface area contributed by atoms with Crippen molar-refractivity contribution in [3.8, 4) is 17.3 Å². The number of nitriles is 1. The number of nitrogens with zero attached hydrogens (tertiary/aromatic N) is 5. The molecule has 10 heteroatoms. The quantitative estimate of drug-likeness (QED) is 0.604. The van der Waals surface area contributed by atoms with Crippen molar-refractivity contribution in [2.75, 3.05) is 18.0 Å². The van der Waals surface area contributed by atoms with E-state index < -0.39 is 12.1 Å². The zero-order valence-electron chi connectivity index (χ0n) is 18.4. The van der Waals surface area contributed by atoms with Crippen LogP contribution in [0.4, 0.5) is 19.0 Å². The number of carboxylic acids is 1. The average Bonchev–Trinajstić information content (AvgIpc) is 3.49. The molecule has 176 valence electrons. The molecular weight excluding hydrogens is 447 g/mol. The van der Waals surface area contributed by atoms with Gasteiger partial charge in [-0.15, -0.1) is 0 Å². The predicted octanol–water partition coefficient (Wildman–Crippen LogP) is 4.21. The molecule has 2 aromatic heterocycles. The van der Waals surface area contributed by atoms with Gasteiger partial charge < -0.3 is 14.6 Å². The van der Waals surface area contributed by atoms with E-state index in [1.54, 1.807) is 6.20 Å². The maximum atomic E-state index is 10.6. The van der Waals surface area contributed by atoms with Gasteiger partial charge in [0.25, 0.3) is 0 Å². The van der Waals surface area contributed by atoms with Gasteiger partial charge in [0, 0.05) is 37.7 Å². The first kappa shape index (κ1) is 23.3. The molecule has 3 aromatic rings. The van der Waals surface area contributed by atoms with Gasteiger partial charge in [-0.2, -0.15) is 18.4 Å². The number of aliphatic carboxylic acids is 1. The van der Waals surface area contributed by atoms with Gasteiger partial charge >= 0.3 is 12.1 Å². The smallest absolute Gasteiger partial charge is 0.475 e. The van der Waals surface area contributed by atoms with Crippen LogP contribution < -0.4 is 4.90 Å². The Morgan fingerprint density at radius 2 is 1.82 bits per heavy atom. The van der Waals surface area contributed by atoms with Crippen molar-refractivity contribution in [2.24, 2.45) is 5.41 Å². The van der Waals surface area contributed by atoms with E-state index in [-0.39, 0.29) is 5.41 Å². The highest BCUT2D eigenvalue weighted by molar-refractivity contribution is 5.73. The standard InChI is InChI=1S/C22H21N5.C2HF3O2/c1-16-2-5-18(6-3-16)19-13-25-21-10-22(15-27(19)21)8-9-26(14-22)20-7-4-17(11-23)12-24-20;3-2(4,5)1(6)7/h2-7,12-13H,8-10,14-15H2,1H3;(H,6,7). The zero-order valence-corrected chi connectivity index (χ0v) is 18.4. The van der Waals surface area contributed by atoms with Crippen molar-refractivity contribution in [3.05, 3.63) is 65.7 Å². The third-order valence-electron chi connectivity index (χ3n) is 6.19. The summed E-state index contributed by atoms with van der Waals surface area (Å²) < 4.78 is 34.1. The molecule has 0 amide bonds. The zero-order chi connectivity index (χ0) is 24.5. The van der Waals surface area contributed by atoms with Gasteiger partial charge in [0.1, 0.15) is 17.7 Å². The molecule has 1 aromatic carbocycles. The summed E-state index contributed by atoms with van der Waals surface area (Å²) in [6.45, 7) is 5.12. The lowest BCUT2D eigenvalue weighted by Gasteiger charge is -2.24. The first-order chi connectivity index (χ1) is 16.1. The molecule has 4 heterocycles. The van der Waals surface area contributed by atoms with Crippen molar-refractivity contribution < 1.29 is 23.1 Å². The third-order valence-corrected chi connectivity index (χ3v) is 6.19. The molecule has 0 radical (unpaired) electrons. The monoisotopic (exact) mass is 469 g/mol. The van der Waals surface area contributed by atoms with Crippen molar-refractivity contribution in [1.29, 1.82) is 5.26 Å². The molecule has 1 atom stereocenters. The van der Waals surface area contributed by atoms with Crippen molar-refractivity contribution in [2.45, 2.75) is 32.5 Å². The lowest BCUT2D eigenvalue weighted by atomic mass is 9.86. The number of halogens is 3. The number of alkyl halides is 3. The summed E-state index contributed by atoms with van der Waals surface area (Å²) in [6, 6.07) is 14.6. The summed E-state index contributed by atoms with van der Waals surface area (Å²) in [5.41, 5.74) is 4.57. The maximum Gasteiger partial charge on any atom is 0.490 e. The second-order valence-corrected chi connectivity index (χ2v) is 8.68. The Balaban J connectivity index is 0.000000344. The molecular formula is C24H22F3N5O2. The number of anilines is 1. The lowest BCUT2D eigenvalue weighted by Crippen LogP contribution is -2.29. The van der Waals surface area contributed by atoms with E-state index in [2.05, 4.69) is 51.7 Å². The van der Waals surface area contributed by atoms with Gasteiger partial charge in [0.2, 0.25) is 0 Å². The summed E-state index contributed by atoms with van der Waals surface area (Å²) in [5.74, 6) is -0.595. The van der Waals surface area contributed by atoms with Crippen LogP contribution in [0.1, 0.15) is 23.4 Å². The molecule has 7 nitrogen and oxygen atoms in total. The van der Waals surface area contributed by atoms with Gasteiger partial charge in [0.05, 0.1) is 17.5 Å². The molecule has 0 aliphatic carbocycles. The Bertz CT molecular complexity index is 1230. The summed E-state index contributed by atoms with van der Waals surface area (Å²) in [5, 5.41) is 16.1. The molecule has 34 heavy (non-hydrogen) atoms. The SMILES string of the molecule is Cc1ccc(-c2cnc3n2CC2(CCN(c4ccc(C#N)cn4)C2)C3)cc1.O=C(O)C(F)(F)F. The van der Waals surface area contributed by atoms with Gasteiger partial charge in [0.15, 0.2) is 0 Å². The van der Waals surface area contributed by atoms with Crippen LogP contribution in [0.5, 0.6) is 0 Å². The van der Waals surface area contributed by atoms with Crippen molar-refractivity contribution >= 4 is 11.8 Å². The number of aromatic nitrogens is 3. The number of benzene rings is 1. The number of carbonyl (C=O) groups is 1. The van der Waals surface area contributed by atoms with E-state index in [4.69, 9.17) is 20.1 Å². The Morgan fingerprint density at radius 1 is 1.12 bits per heavy atom. The van der Waals surface area contributed by atoms with Gasteiger partial charge in [-0.3, -0.25) is 0 Å². The van der Waals surface area contributed by atoms with E-state index in [9.17, 15) is 13.2 Å². The molecule has 0 bridgehead atoms. The number of imidazole rings is 1. The van der Waals surface area contributed by atoms with Crippen LogP contribution >= 0.6 is 0 Å². The van der Waals surface area contributed by atoms with E-state index in [0.29, 0.717) is 5.56 Å². The highest BCUT2D eigenvalue weighted by Gasteiger charge is 2.44. The third kappa shape index (κ3) is 4.73. The predicted molar refractivity (Wildman–Crippen MR) is 118 cm³/mol. The summed E-state index contributed by atoms with van der Waals surface area (Å²) in [7, 11) is 0. The van der Waals surface area contributed by atoms with Crippen LogP contribution in [-0.2, 0) is 17.8 Å². The highest BCUT2D eigenvalue weighted by atomic mass is 19.4. The number of rotatable bonds is 2. The van der Waals surface area contributed by atoms with Crippen LogP contribution in [0.3, 0.4) is 0 Å². The molecule has 1 N–H and O–H groups in total. The Morgan fingerprint density at radius 3 is 2.41 bits per heavy atom. The lowest BCUT2D eigenvalue weighted by molar-refractivity contribution is -0.192. The van der Waals surface area contributed by atoms with Crippen LogP contribution in [0.2, 0.25) is 0 Å². The molecule has 1 fully saturated rings. The summed E-state index contributed by atoms with van der Waals surface area (Å²) in [4.78, 5) is 20.4. The van der Waals surface area contributed by atoms with E-state index in [1.165, 1.54) is 22.6 Å². The first-order valence-corrected chi connectivity index (χ1v) is 10.6. The van der Waals surface area contributed by atoms with E-state index >= 15 is 0 Å². The normalized spacial score (nSPS) is 18.9. The van der Waals surface area contributed by atoms with E-state index in [0.717, 1.165) is 38.3 Å². The fraction of sp³-hybridized carbons (Fsp3) is 0.333. The summed E-state index contributed by atoms with van der Waals surface area (Å²) in [6.07, 6.45) is 0.758. The number of hydrogen-bond donors (Lipinski definition) is 1. The minimum Gasteiger partial charge on any atom is -0.475 e. The Labute approximate surface area is 194 Å². The average molecular weight is 469 g/mol. The van der Waals surface area contributed by atoms with Gasteiger partial charge in [-0.05, 0) is 31.0 Å². The first-order valence-electron chi connectivity index (χ1n) is 10.6. The molecule has 1 saturated heterocycles. The van der Waals surface area contributed by atoms with Crippen molar-refractivity contribution in [3.63, 3.8) is 0 Å². The largest absolute Gasteiger partial charge is 0.490 e. The number of pyridine rings is 1. The Hall–Kier alpha value is -3.87. The summed E-state index contributed by atoms with van der Waals surface area (Å²) >= 11 is 0. The van der Waals surface area contributed by atoms with Crippen LogP contribution in [0.25, 0.3) is 11.3 Å². The number of hydrogen-bond acceptors (Lipinski definition) is 5. The van der Waals surface area contributed by atoms with Crippen LogP contribution in [0, 0.1) is 23.7 Å². The minimum atomic E-state index is -5.08. The van der Waals surface area contributed by atoms with E-state index in [1.807, 2.05) is 18.3 Å². The van der Waals surface area contributed by atoms with Gasteiger partial charge in [-0.1, -0.05) is 29.8 Å².